The Morgan fingerprint density at radius 2 is 2.27 bits per heavy atom. The highest BCUT2D eigenvalue weighted by molar-refractivity contribution is 14.1. The van der Waals surface area contributed by atoms with E-state index < -0.39 is 0 Å². The SMILES string of the molecule is O=C1Cc2cc(I)ccc2O1. The van der Waals surface area contributed by atoms with Gasteiger partial charge in [-0.25, -0.2) is 0 Å². The molecule has 0 spiro atoms. The van der Waals surface area contributed by atoms with Crippen molar-refractivity contribution in [2.75, 3.05) is 0 Å². The van der Waals surface area contributed by atoms with Crippen LogP contribution in [0.4, 0.5) is 0 Å². The van der Waals surface area contributed by atoms with Gasteiger partial charge in [-0.05, 0) is 40.8 Å². The zero-order valence-electron chi connectivity index (χ0n) is 5.63. The maximum Gasteiger partial charge on any atom is 0.315 e. The number of rotatable bonds is 0. The second kappa shape index (κ2) is 2.48. The molecule has 0 aliphatic carbocycles. The van der Waals surface area contributed by atoms with Gasteiger partial charge in [0, 0.05) is 9.13 Å². The van der Waals surface area contributed by atoms with Crippen LogP contribution in [-0.2, 0) is 11.2 Å². The summed E-state index contributed by atoms with van der Waals surface area (Å²) in [5.74, 6) is 0.567. The van der Waals surface area contributed by atoms with E-state index in [9.17, 15) is 4.79 Å². The molecule has 0 saturated heterocycles. The van der Waals surface area contributed by atoms with E-state index in [1.165, 1.54) is 0 Å². The summed E-state index contributed by atoms with van der Waals surface area (Å²) in [4.78, 5) is 10.8. The molecular formula is C8H5IO2. The van der Waals surface area contributed by atoms with Crippen LogP contribution in [0, 0.1) is 3.57 Å². The highest BCUT2D eigenvalue weighted by atomic mass is 127. The van der Waals surface area contributed by atoms with Gasteiger partial charge in [0.05, 0.1) is 6.42 Å². The lowest BCUT2D eigenvalue weighted by molar-refractivity contribution is -0.131. The molecule has 0 unspecified atom stereocenters. The molecule has 0 bridgehead atoms. The van der Waals surface area contributed by atoms with Gasteiger partial charge in [0.1, 0.15) is 5.75 Å². The highest BCUT2D eigenvalue weighted by Crippen LogP contribution is 2.26. The minimum atomic E-state index is -0.151. The molecular weight excluding hydrogens is 255 g/mol. The average molecular weight is 260 g/mol. The maximum absolute atomic E-state index is 10.8. The summed E-state index contributed by atoms with van der Waals surface area (Å²) in [5, 5.41) is 0. The third-order valence-corrected chi connectivity index (χ3v) is 2.25. The van der Waals surface area contributed by atoms with Crippen LogP contribution in [-0.4, -0.2) is 5.97 Å². The molecule has 2 rings (SSSR count). The summed E-state index contributed by atoms with van der Waals surface area (Å²) in [7, 11) is 0. The van der Waals surface area contributed by atoms with Crippen LogP contribution >= 0.6 is 22.6 Å². The Morgan fingerprint density at radius 1 is 1.45 bits per heavy atom. The van der Waals surface area contributed by atoms with Crippen molar-refractivity contribution >= 4 is 28.6 Å². The van der Waals surface area contributed by atoms with Gasteiger partial charge in [0.2, 0.25) is 0 Å². The molecule has 0 N–H and O–H groups in total. The Kier molecular flexibility index (Phi) is 1.60. The number of benzene rings is 1. The minimum absolute atomic E-state index is 0.151. The van der Waals surface area contributed by atoms with Gasteiger partial charge >= 0.3 is 5.97 Å². The van der Waals surface area contributed by atoms with Crippen LogP contribution in [0.25, 0.3) is 0 Å². The smallest absolute Gasteiger partial charge is 0.315 e. The number of carbonyl (C=O) groups excluding carboxylic acids is 1. The fourth-order valence-corrected chi connectivity index (χ4v) is 1.66. The van der Waals surface area contributed by atoms with Crippen LogP contribution in [0.2, 0.25) is 0 Å². The summed E-state index contributed by atoms with van der Waals surface area (Å²) in [6.45, 7) is 0. The largest absolute Gasteiger partial charge is 0.426 e. The van der Waals surface area contributed by atoms with Crippen molar-refractivity contribution in [3.63, 3.8) is 0 Å². The number of ether oxygens (including phenoxy) is 1. The van der Waals surface area contributed by atoms with E-state index in [0.717, 1.165) is 14.9 Å². The Bertz CT molecular complexity index is 320. The van der Waals surface area contributed by atoms with Gasteiger partial charge in [-0.3, -0.25) is 4.79 Å². The van der Waals surface area contributed by atoms with E-state index in [2.05, 4.69) is 22.6 Å². The van der Waals surface area contributed by atoms with Crippen LogP contribution in [0.5, 0.6) is 5.75 Å². The number of hydrogen-bond donors (Lipinski definition) is 0. The van der Waals surface area contributed by atoms with Crippen molar-refractivity contribution in [1.82, 2.24) is 0 Å². The van der Waals surface area contributed by atoms with Crippen LogP contribution in [0.1, 0.15) is 5.56 Å². The van der Waals surface area contributed by atoms with E-state index in [-0.39, 0.29) is 5.97 Å². The van der Waals surface area contributed by atoms with Gasteiger partial charge in [-0.15, -0.1) is 0 Å². The third-order valence-electron chi connectivity index (χ3n) is 1.58. The molecule has 0 saturated carbocycles. The predicted octanol–water partition coefficient (Wildman–Crippen LogP) is 1.75. The zero-order chi connectivity index (χ0) is 7.84. The fourth-order valence-electron chi connectivity index (χ4n) is 1.10. The second-order valence-corrected chi connectivity index (χ2v) is 3.65. The molecule has 0 atom stereocenters. The monoisotopic (exact) mass is 260 g/mol. The Balaban J connectivity index is 2.51. The molecule has 0 radical (unpaired) electrons. The highest BCUT2D eigenvalue weighted by Gasteiger charge is 2.19. The van der Waals surface area contributed by atoms with E-state index in [1.807, 2.05) is 18.2 Å². The first-order valence-corrected chi connectivity index (χ1v) is 4.33. The van der Waals surface area contributed by atoms with Crippen LogP contribution in [0.3, 0.4) is 0 Å². The summed E-state index contributed by atoms with van der Waals surface area (Å²) in [6.07, 6.45) is 0.423. The third kappa shape index (κ3) is 1.24. The molecule has 0 aromatic heterocycles. The zero-order valence-corrected chi connectivity index (χ0v) is 7.79. The lowest BCUT2D eigenvalue weighted by atomic mass is 10.2. The topological polar surface area (TPSA) is 26.3 Å². The standard InChI is InChI=1S/C8H5IO2/c9-6-1-2-7-5(3-6)4-8(10)11-7/h1-3H,4H2. The molecule has 0 fully saturated rings. The van der Waals surface area contributed by atoms with Crippen molar-refractivity contribution < 1.29 is 9.53 Å². The van der Waals surface area contributed by atoms with Crippen molar-refractivity contribution in [2.24, 2.45) is 0 Å². The summed E-state index contributed by atoms with van der Waals surface area (Å²) >= 11 is 2.21. The van der Waals surface area contributed by atoms with Gasteiger partial charge in [0.15, 0.2) is 0 Å². The van der Waals surface area contributed by atoms with E-state index >= 15 is 0 Å². The number of hydrogen-bond acceptors (Lipinski definition) is 2. The van der Waals surface area contributed by atoms with Gasteiger partial charge < -0.3 is 4.74 Å². The lowest BCUT2D eigenvalue weighted by Gasteiger charge is -1.95. The minimum Gasteiger partial charge on any atom is -0.426 e. The van der Waals surface area contributed by atoms with Crippen molar-refractivity contribution in [2.45, 2.75) is 6.42 Å². The van der Waals surface area contributed by atoms with Gasteiger partial charge in [0.25, 0.3) is 0 Å². The Labute approximate surface area is 77.7 Å². The molecule has 1 aromatic rings. The van der Waals surface area contributed by atoms with Crippen molar-refractivity contribution in [1.29, 1.82) is 0 Å². The second-order valence-electron chi connectivity index (χ2n) is 2.40. The fraction of sp³-hybridized carbons (Fsp3) is 0.125. The Morgan fingerprint density at radius 3 is 3.09 bits per heavy atom. The summed E-state index contributed by atoms with van der Waals surface area (Å²) in [6, 6.07) is 5.74. The lowest BCUT2D eigenvalue weighted by Crippen LogP contribution is -1.99. The van der Waals surface area contributed by atoms with E-state index in [0.29, 0.717) is 6.42 Å². The molecule has 2 nitrogen and oxygen atoms in total. The van der Waals surface area contributed by atoms with E-state index in [4.69, 9.17) is 4.74 Å². The Hall–Kier alpha value is -0.580. The molecule has 1 heterocycles. The van der Waals surface area contributed by atoms with Crippen molar-refractivity contribution in [3.8, 4) is 5.75 Å². The molecule has 1 aliphatic heterocycles. The van der Waals surface area contributed by atoms with Crippen molar-refractivity contribution in [3.05, 3.63) is 27.3 Å². The number of halogens is 1. The first kappa shape index (κ1) is 7.09. The number of carbonyl (C=O) groups is 1. The molecule has 1 aromatic carbocycles. The maximum atomic E-state index is 10.8. The quantitative estimate of drug-likeness (QED) is 0.403. The average Bonchev–Trinajstić information content (AvgIpc) is 2.27. The normalized spacial score (nSPS) is 14.5. The van der Waals surface area contributed by atoms with Gasteiger partial charge in [-0.1, -0.05) is 0 Å². The predicted molar refractivity (Wildman–Crippen MR) is 48.5 cm³/mol. The summed E-state index contributed by atoms with van der Waals surface area (Å²) < 4.78 is 6.06. The number of esters is 1. The molecule has 11 heavy (non-hydrogen) atoms. The first-order chi connectivity index (χ1) is 5.25. The summed E-state index contributed by atoms with van der Waals surface area (Å²) in [5.41, 5.74) is 1.00. The van der Waals surface area contributed by atoms with E-state index in [1.54, 1.807) is 0 Å². The molecule has 1 aliphatic rings. The molecule has 56 valence electrons. The molecule has 0 amide bonds. The van der Waals surface area contributed by atoms with Gasteiger partial charge in [-0.2, -0.15) is 0 Å². The first-order valence-electron chi connectivity index (χ1n) is 3.25. The van der Waals surface area contributed by atoms with Crippen LogP contribution < -0.4 is 4.74 Å². The number of fused-ring (bicyclic) bond motifs is 1. The van der Waals surface area contributed by atoms with Crippen LogP contribution in [0.15, 0.2) is 18.2 Å². The molecule has 3 heteroatoms.